The van der Waals surface area contributed by atoms with Crippen molar-refractivity contribution in [3.8, 4) is 5.75 Å². The molecule has 1 aromatic rings. The second-order valence-electron chi connectivity index (χ2n) is 3.13. The zero-order valence-corrected chi connectivity index (χ0v) is 10.3. The molecule has 2 rings (SSSR count). The van der Waals surface area contributed by atoms with E-state index < -0.39 is 16.1 Å². The first-order valence-corrected chi connectivity index (χ1v) is 5.46. The van der Waals surface area contributed by atoms with Gasteiger partial charge in [0.25, 0.3) is 0 Å². The summed E-state index contributed by atoms with van der Waals surface area (Å²) >= 11 is 15.6. The van der Waals surface area contributed by atoms with Gasteiger partial charge in [0.15, 0.2) is 0 Å². The maximum Gasteiger partial charge on any atom is 0.423 e. The fraction of sp³-hybridized carbons (Fsp3) is 0.333. The Bertz CT molecular complexity index is 397. The average molecular weight is 305 g/mol. The van der Waals surface area contributed by atoms with Gasteiger partial charge in [-0.1, -0.05) is 18.2 Å². The molecule has 1 heterocycles. The highest BCUT2D eigenvalue weighted by atomic mass is 35.5. The molecule has 1 aliphatic rings. The van der Waals surface area contributed by atoms with E-state index in [9.17, 15) is 8.78 Å². The minimum Gasteiger partial charge on any atom is -0.427 e. The molecule has 1 fully saturated rings. The number of hydrogen-bond donors (Lipinski definition) is 0. The molecule has 94 valence electrons. The first-order chi connectivity index (χ1) is 7.74. The van der Waals surface area contributed by atoms with Crippen LogP contribution in [0.4, 0.5) is 8.78 Å². The van der Waals surface area contributed by atoms with E-state index >= 15 is 0 Å². The number of rotatable bonds is 2. The van der Waals surface area contributed by atoms with Crippen LogP contribution in [0.3, 0.4) is 0 Å². The summed E-state index contributed by atoms with van der Waals surface area (Å²) in [5, 5.41) is -6.91. The van der Waals surface area contributed by atoms with Gasteiger partial charge < -0.3 is 4.74 Å². The fourth-order valence-electron chi connectivity index (χ4n) is 1.12. The summed E-state index contributed by atoms with van der Waals surface area (Å²) in [4.78, 5) is 0. The summed E-state index contributed by atoms with van der Waals surface area (Å²) in [7, 11) is 0. The molecule has 1 aliphatic heterocycles. The van der Waals surface area contributed by atoms with E-state index in [-0.39, 0.29) is 5.75 Å². The molecular formula is C9H5Cl3F2O3. The van der Waals surface area contributed by atoms with Gasteiger partial charge in [-0.25, -0.2) is 9.47 Å². The van der Waals surface area contributed by atoms with Crippen molar-refractivity contribution in [1.29, 1.82) is 0 Å². The van der Waals surface area contributed by atoms with Crippen LogP contribution in [0.5, 0.6) is 5.75 Å². The van der Waals surface area contributed by atoms with Gasteiger partial charge in [0.05, 0.1) is 0 Å². The van der Waals surface area contributed by atoms with Gasteiger partial charge >= 0.3 is 16.1 Å². The van der Waals surface area contributed by atoms with Crippen LogP contribution < -0.4 is 4.74 Å². The summed E-state index contributed by atoms with van der Waals surface area (Å²) in [6.07, 6.45) is 0. The monoisotopic (exact) mass is 304 g/mol. The first kappa shape index (κ1) is 13.1. The number of halogens is 5. The molecule has 1 saturated heterocycles. The molecule has 8 heteroatoms. The lowest BCUT2D eigenvalue weighted by Gasteiger charge is -2.20. The molecule has 0 radical (unpaired) electrons. The van der Waals surface area contributed by atoms with Gasteiger partial charge in [-0.2, -0.15) is 8.78 Å². The van der Waals surface area contributed by atoms with E-state index in [2.05, 4.69) is 9.47 Å². The van der Waals surface area contributed by atoms with Crippen LogP contribution in [-0.2, 0) is 9.47 Å². The van der Waals surface area contributed by atoms with E-state index in [0.29, 0.717) is 0 Å². The normalized spacial score (nSPS) is 41.5. The lowest BCUT2D eigenvalue weighted by atomic mass is 10.3. The van der Waals surface area contributed by atoms with E-state index in [4.69, 9.17) is 39.5 Å². The predicted molar refractivity (Wildman–Crippen MR) is 57.2 cm³/mol. The third kappa shape index (κ3) is 2.58. The molecule has 0 aromatic heterocycles. The van der Waals surface area contributed by atoms with E-state index in [1.54, 1.807) is 18.2 Å². The molecule has 3 nitrogen and oxygen atoms in total. The van der Waals surface area contributed by atoms with Crippen LogP contribution >= 0.6 is 34.8 Å². The Labute approximate surface area is 110 Å². The summed E-state index contributed by atoms with van der Waals surface area (Å²) in [6, 6.07) is 7.86. The Morgan fingerprint density at radius 1 is 0.941 bits per heavy atom. The maximum absolute atomic E-state index is 13.3. The van der Waals surface area contributed by atoms with E-state index in [0.717, 1.165) is 0 Å². The second kappa shape index (κ2) is 4.10. The van der Waals surface area contributed by atoms with E-state index in [1.807, 2.05) is 0 Å². The second-order valence-corrected chi connectivity index (χ2v) is 4.57. The quantitative estimate of drug-likeness (QED) is 0.780. The maximum atomic E-state index is 13.3. The lowest BCUT2D eigenvalue weighted by Crippen LogP contribution is -2.34. The Balaban J connectivity index is 2.18. The van der Waals surface area contributed by atoms with Crippen molar-refractivity contribution in [1.82, 2.24) is 0 Å². The van der Waals surface area contributed by atoms with Crippen LogP contribution in [0.2, 0.25) is 0 Å². The van der Waals surface area contributed by atoms with Crippen LogP contribution in [0.1, 0.15) is 0 Å². The minimum atomic E-state index is -3.45. The van der Waals surface area contributed by atoms with Crippen LogP contribution in [0.25, 0.3) is 0 Å². The number of benzene rings is 1. The average Bonchev–Trinajstić information content (AvgIpc) is 2.31. The third-order valence-corrected chi connectivity index (χ3v) is 2.79. The zero-order valence-electron chi connectivity index (χ0n) is 8.00. The highest BCUT2D eigenvalue weighted by molar-refractivity contribution is 6.33. The Morgan fingerprint density at radius 2 is 1.41 bits per heavy atom. The molecule has 2 atom stereocenters. The van der Waals surface area contributed by atoms with Crippen LogP contribution in [0, 0.1) is 0 Å². The molecule has 0 N–H and O–H groups in total. The van der Waals surface area contributed by atoms with Gasteiger partial charge in [0.1, 0.15) is 5.75 Å². The fourth-order valence-corrected chi connectivity index (χ4v) is 1.78. The van der Waals surface area contributed by atoms with Gasteiger partial charge in [-0.05, 0) is 46.9 Å². The van der Waals surface area contributed by atoms with Crippen LogP contribution in [0.15, 0.2) is 30.3 Å². The zero-order chi connectivity index (χ0) is 12.7. The van der Waals surface area contributed by atoms with E-state index in [1.165, 1.54) is 12.1 Å². The highest BCUT2D eigenvalue weighted by Gasteiger charge is 2.70. The van der Waals surface area contributed by atoms with Crippen LogP contribution in [-0.4, -0.2) is 16.1 Å². The number of ether oxygens (including phenoxy) is 3. The topological polar surface area (TPSA) is 27.7 Å². The predicted octanol–water partition coefficient (Wildman–Crippen LogP) is 3.69. The van der Waals surface area contributed by atoms with Crippen molar-refractivity contribution in [3.05, 3.63) is 30.3 Å². The number of alkyl halides is 5. The standard InChI is InChI=1S/C9H5Cl3F2O3/c10-7(13)8(11,14)17-9(12,16-7)15-6-4-2-1-3-5-6/h1-5H. The van der Waals surface area contributed by atoms with Crippen molar-refractivity contribution >= 4 is 34.8 Å². The van der Waals surface area contributed by atoms with Crippen molar-refractivity contribution in [2.24, 2.45) is 0 Å². The molecule has 0 amide bonds. The molecule has 0 bridgehead atoms. The largest absolute Gasteiger partial charge is 0.427 e. The van der Waals surface area contributed by atoms with Crippen molar-refractivity contribution in [2.75, 3.05) is 0 Å². The van der Waals surface area contributed by atoms with Gasteiger partial charge in [0, 0.05) is 0 Å². The smallest absolute Gasteiger partial charge is 0.423 e. The SMILES string of the molecule is FC1(Cl)OC(Cl)(Oc2ccccc2)OC1(F)Cl. The summed E-state index contributed by atoms with van der Waals surface area (Å²) in [5.41, 5.74) is -2.58. The van der Waals surface area contributed by atoms with Gasteiger partial charge in [-0.15, -0.1) is 0 Å². The summed E-state index contributed by atoms with van der Waals surface area (Å²) in [5.74, 6) is 0.157. The summed E-state index contributed by atoms with van der Waals surface area (Å²) in [6.45, 7) is 0. The molecule has 0 spiro atoms. The Morgan fingerprint density at radius 3 is 1.88 bits per heavy atom. The summed E-state index contributed by atoms with van der Waals surface area (Å²) < 4.78 is 40.1. The lowest BCUT2D eigenvalue weighted by molar-refractivity contribution is -0.254. The van der Waals surface area contributed by atoms with Crippen molar-refractivity contribution in [2.45, 2.75) is 16.1 Å². The van der Waals surface area contributed by atoms with Crippen molar-refractivity contribution in [3.63, 3.8) is 0 Å². The molecular weight excluding hydrogens is 300 g/mol. The first-order valence-electron chi connectivity index (χ1n) is 4.33. The van der Waals surface area contributed by atoms with Gasteiger partial charge in [-0.3, -0.25) is 0 Å². The molecule has 0 saturated carbocycles. The van der Waals surface area contributed by atoms with Gasteiger partial charge in [0.2, 0.25) is 0 Å². The number of hydrogen-bond acceptors (Lipinski definition) is 3. The number of para-hydroxylation sites is 1. The molecule has 0 aliphatic carbocycles. The molecule has 2 unspecified atom stereocenters. The molecule has 17 heavy (non-hydrogen) atoms. The highest BCUT2D eigenvalue weighted by Crippen LogP contribution is 2.53. The third-order valence-electron chi connectivity index (χ3n) is 1.82. The van der Waals surface area contributed by atoms with Crippen molar-refractivity contribution < 1.29 is 23.0 Å². The Hall–Kier alpha value is -0.330. The molecule has 1 aromatic carbocycles. The minimum absolute atomic E-state index is 0.157. The Kier molecular flexibility index (Phi) is 3.16.